The number of hydrogen-bond acceptors (Lipinski definition) is 3. The van der Waals surface area contributed by atoms with Gasteiger partial charge in [-0.25, -0.2) is 4.52 Å². The molecule has 0 aliphatic carbocycles. The fourth-order valence-corrected chi connectivity index (χ4v) is 3.95. The first-order chi connectivity index (χ1) is 14.1. The van der Waals surface area contributed by atoms with Gasteiger partial charge in [0.05, 0.1) is 11.9 Å². The Hall–Kier alpha value is -3.41. The number of amides is 1. The highest BCUT2D eigenvalue weighted by molar-refractivity contribution is 5.95. The van der Waals surface area contributed by atoms with Gasteiger partial charge < -0.3 is 10.0 Å². The van der Waals surface area contributed by atoms with E-state index in [4.69, 9.17) is 10.2 Å². The SMILES string of the molecule is O=C(O)C[C@@H]1CCCCN1C(=O)/C=C/c1c(-c2ccccc2)nn2ccccc12. The molecule has 0 bridgehead atoms. The molecule has 6 heteroatoms. The van der Waals surface area contributed by atoms with Crippen molar-refractivity contribution in [3.8, 4) is 11.3 Å². The second-order valence-electron chi connectivity index (χ2n) is 7.27. The van der Waals surface area contributed by atoms with E-state index in [9.17, 15) is 9.59 Å². The van der Waals surface area contributed by atoms with Gasteiger partial charge in [-0.05, 0) is 37.5 Å². The average Bonchev–Trinajstić information content (AvgIpc) is 3.11. The van der Waals surface area contributed by atoms with Crippen LogP contribution in [0.2, 0.25) is 0 Å². The van der Waals surface area contributed by atoms with Crippen molar-refractivity contribution in [2.75, 3.05) is 6.54 Å². The number of piperidine rings is 1. The molecule has 3 aromatic rings. The van der Waals surface area contributed by atoms with Crippen LogP contribution >= 0.6 is 0 Å². The number of benzene rings is 1. The number of rotatable bonds is 5. The predicted octanol–water partition coefficient (Wildman–Crippen LogP) is 3.87. The maximum absolute atomic E-state index is 12.9. The second-order valence-corrected chi connectivity index (χ2v) is 7.27. The highest BCUT2D eigenvalue weighted by Crippen LogP contribution is 2.28. The lowest BCUT2D eigenvalue weighted by Crippen LogP contribution is -2.44. The molecule has 0 unspecified atom stereocenters. The normalized spacial score (nSPS) is 17.1. The van der Waals surface area contributed by atoms with Crippen LogP contribution in [-0.4, -0.2) is 44.1 Å². The quantitative estimate of drug-likeness (QED) is 0.672. The van der Waals surface area contributed by atoms with Crippen LogP contribution in [0.4, 0.5) is 0 Å². The number of carbonyl (C=O) groups is 2. The molecule has 0 radical (unpaired) electrons. The molecular weight excluding hydrogens is 366 g/mol. The smallest absolute Gasteiger partial charge is 0.305 e. The monoisotopic (exact) mass is 389 g/mol. The lowest BCUT2D eigenvalue weighted by molar-refractivity contribution is -0.140. The molecule has 6 nitrogen and oxygen atoms in total. The highest BCUT2D eigenvalue weighted by atomic mass is 16.4. The zero-order valence-electron chi connectivity index (χ0n) is 16.1. The predicted molar refractivity (Wildman–Crippen MR) is 111 cm³/mol. The Labute approximate surface area is 169 Å². The van der Waals surface area contributed by atoms with Crippen LogP contribution < -0.4 is 0 Å². The van der Waals surface area contributed by atoms with E-state index < -0.39 is 5.97 Å². The van der Waals surface area contributed by atoms with Gasteiger partial charge in [-0.15, -0.1) is 0 Å². The van der Waals surface area contributed by atoms with Crippen molar-refractivity contribution in [1.82, 2.24) is 14.5 Å². The van der Waals surface area contributed by atoms with Crippen molar-refractivity contribution in [2.24, 2.45) is 0 Å². The number of nitrogens with zero attached hydrogens (tertiary/aromatic N) is 3. The summed E-state index contributed by atoms with van der Waals surface area (Å²) in [6, 6.07) is 15.5. The van der Waals surface area contributed by atoms with Gasteiger partial charge in [0.2, 0.25) is 5.91 Å². The van der Waals surface area contributed by atoms with Gasteiger partial charge in [0, 0.05) is 36.0 Å². The molecule has 0 saturated carbocycles. The van der Waals surface area contributed by atoms with E-state index in [0.29, 0.717) is 6.54 Å². The Kier molecular flexibility index (Phi) is 5.42. The Morgan fingerprint density at radius 2 is 1.90 bits per heavy atom. The molecule has 148 valence electrons. The van der Waals surface area contributed by atoms with Crippen molar-refractivity contribution in [1.29, 1.82) is 0 Å². The molecule has 1 fully saturated rings. The molecule has 1 aliphatic heterocycles. The molecule has 29 heavy (non-hydrogen) atoms. The number of carbonyl (C=O) groups excluding carboxylic acids is 1. The fraction of sp³-hybridized carbons (Fsp3) is 0.261. The first kappa shape index (κ1) is 18.9. The zero-order chi connectivity index (χ0) is 20.2. The van der Waals surface area contributed by atoms with Crippen LogP contribution in [0.5, 0.6) is 0 Å². The topological polar surface area (TPSA) is 74.9 Å². The number of hydrogen-bond donors (Lipinski definition) is 1. The first-order valence-corrected chi connectivity index (χ1v) is 9.87. The fourth-order valence-electron chi connectivity index (χ4n) is 3.95. The molecular formula is C23H23N3O3. The minimum absolute atomic E-state index is 0.00837. The minimum atomic E-state index is -0.868. The van der Waals surface area contributed by atoms with Crippen molar-refractivity contribution >= 4 is 23.5 Å². The van der Waals surface area contributed by atoms with Crippen molar-refractivity contribution in [3.63, 3.8) is 0 Å². The summed E-state index contributed by atoms with van der Waals surface area (Å²) in [5, 5.41) is 13.8. The minimum Gasteiger partial charge on any atom is -0.481 e. The maximum atomic E-state index is 12.9. The lowest BCUT2D eigenvalue weighted by Gasteiger charge is -2.34. The lowest BCUT2D eigenvalue weighted by atomic mass is 9.99. The summed E-state index contributed by atoms with van der Waals surface area (Å²) in [4.78, 5) is 25.7. The van der Waals surface area contributed by atoms with Crippen LogP contribution in [-0.2, 0) is 9.59 Å². The van der Waals surface area contributed by atoms with Gasteiger partial charge in [-0.2, -0.15) is 5.10 Å². The van der Waals surface area contributed by atoms with Gasteiger partial charge in [-0.1, -0.05) is 36.4 Å². The molecule has 1 atom stereocenters. The average molecular weight is 389 g/mol. The van der Waals surface area contributed by atoms with E-state index >= 15 is 0 Å². The zero-order valence-corrected chi connectivity index (χ0v) is 16.1. The van der Waals surface area contributed by atoms with E-state index in [2.05, 4.69) is 0 Å². The molecule has 1 N–H and O–H groups in total. The summed E-state index contributed by atoms with van der Waals surface area (Å²) in [5.41, 5.74) is 3.57. The molecule has 1 saturated heterocycles. The van der Waals surface area contributed by atoms with Crippen LogP contribution in [0.3, 0.4) is 0 Å². The van der Waals surface area contributed by atoms with Gasteiger partial charge in [0.1, 0.15) is 5.69 Å². The summed E-state index contributed by atoms with van der Waals surface area (Å²) in [6.07, 6.45) is 7.83. The third-order valence-electron chi connectivity index (χ3n) is 5.34. The Bertz CT molecular complexity index is 1060. The van der Waals surface area contributed by atoms with E-state index in [1.54, 1.807) is 21.6 Å². The number of carboxylic acid groups (broad SMARTS) is 1. The maximum Gasteiger partial charge on any atom is 0.305 e. The van der Waals surface area contributed by atoms with Crippen LogP contribution in [0.1, 0.15) is 31.2 Å². The first-order valence-electron chi connectivity index (χ1n) is 9.87. The molecule has 0 spiro atoms. The third kappa shape index (κ3) is 4.06. The van der Waals surface area contributed by atoms with Gasteiger partial charge in [0.25, 0.3) is 0 Å². The van der Waals surface area contributed by atoms with E-state index in [1.165, 1.54) is 0 Å². The third-order valence-corrected chi connectivity index (χ3v) is 5.34. The van der Waals surface area contributed by atoms with Gasteiger partial charge in [-0.3, -0.25) is 9.59 Å². The van der Waals surface area contributed by atoms with E-state index in [0.717, 1.165) is 41.6 Å². The second kappa shape index (κ2) is 8.31. The van der Waals surface area contributed by atoms with Crippen molar-refractivity contribution < 1.29 is 14.7 Å². The summed E-state index contributed by atoms with van der Waals surface area (Å²) in [5.74, 6) is -1.02. The number of likely N-dealkylation sites (tertiary alicyclic amines) is 1. The van der Waals surface area contributed by atoms with E-state index in [-0.39, 0.29) is 18.4 Å². The number of carboxylic acids is 1. The molecule has 3 heterocycles. The molecule has 4 rings (SSSR count). The Morgan fingerprint density at radius 3 is 2.69 bits per heavy atom. The molecule has 1 aliphatic rings. The molecule has 2 aromatic heterocycles. The Morgan fingerprint density at radius 1 is 1.10 bits per heavy atom. The van der Waals surface area contributed by atoms with Crippen molar-refractivity contribution in [3.05, 3.63) is 66.4 Å². The van der Waals surface area contributed by atoms with Crippen LogP contribution in [0.15, 0.2) is 60.8 Å². The largest absolute Gasteiger partial charge is 0.481 e. The highest BCUT2D eigenvalue weighted by Gasteiger charge is 2.27. The van der Waals surface area contributed by atoms with Crippen LogP contribution in [0.25, 0.3) is 22.9 Å². The van der Waals surface area contributed by atoms with Crippen LogP contribution in [0, 0.1) is 0 Å². The number of aliphatic carboxylic acids is 1. The van der Waals surface area contributed by atoms with E-state index in [1.807, 2.05) is 54.7 Å². The summed E-state index contributed by atoms with van der Waals surface area (Å²) >= 11 is 0. The standard InChI is InChI=1S/C23H23N3O3/c27-21(25-14-6-4-10-18(25)16-22(28)29)13-12-19-20-11-5-7-15-26(20)24-23(19)17-8-2-1-3-9-17/h1-3,5,7-9,11-13,15,18H,4,6,10,14,16H2,(H,28,29)/b13-12+/t18-/m0/s1. The summed E-state index contributed by atoms with van der Waals surface area (Å²) in [7, 11) is 0. The molecule has 1 aromatic carbocycles. The summed E-state index contributed by atoms with van der Waals surface area (Å²) in [6.45, 7) is 0.599. The summed E-state index contributed by atoms with van der Waals surface area (Å²) < 4.78 is 1.81. The van der Waals surface area contributed by atoms with Crippen molar-refractivity contribution in [2.45, 2.75) is 31.7 Å². The number of fused-ring (bicyclic) bond motifs is 1. The Balaban J connectivity index is 1.67. The number of aromatic nitrogens is 2. The number of pyridine rings is 1. The van der Waals surface area contributed by atoms with Gasteiger partial charge >= 0.3 is 5.97 Å². The molecule has 1 amide bonds. The van der Waals surface area contributed by atoms with Gasteiger partial charge in [0.15, 0.2) is 0 Å².